The van der Waals surface area contributed by atoms with Gasteiger partial charge in [0, 0.05) is 11.5 Å². The molecule has 0 aromatic heterocycles. The van der Waals surface area contributed by atoms with Crippen molar-refractivity contribution < 1.29 is 0 Å². The number of fused-ring (bicyclic) bond motifs is 1. The van der Waals surface area contributed by atoms with Crippen LogP contribution in [0.3, 0.4) is 0 Å². The summed E-state index contributed by atoms with van der Waals surface area (Å²) in [5.41, 5.74) is 3.47. The molecule has 3 atom stereocenters. The molecule has 0 radical (unpaired) electrons. The second kappa shape index (κ2) is 3.33. The maximum Gasteiger partial charge on any atom is 0.0189 e. The van der Waals surface area contributed by atoms with Crippen molar-refractivity contribution in [1.29, 1.82) is 0 Å². The third-order valence-corrected chi connectivity index (χ3v) is 4.75. The highest BCUT2D eigenvalue weighted by Crippen LogP contribution is 2.65. The first-order valence-electron chi connectivity index (χ1n) is 6.38. The maximum atomic E-state index is 2.44. The summed E-state index contributed by atoms with van der Waals surface area (Å²) >= 11 is 0. The fourth-order valence-corrected chi connectivity index (χ4v) is 3.86. The molecule has 0 bridgehead atoms. The molecule has 16 heavy (non-hydrogen) atoms. The predicted octanol–water partition coefficient (Wildman–Crippen LogP) is 2.98. The summed E-state index contributed by atoms with van der Waals surface area (Å²) in [4.78, 5) is 2.44. The Morgan fingerprint density at radius 1 is 1.12 bits per heavy atom. The van der Waals surface area contributed by atoms with Gasteiger partial charge in [-0.15, -0.1) is 0 Å². The monoisotopic (exact) mass is 215 g/mol. The molecule has 1 aromatic rings. The standard InChI is InChI=1S/C15H21N/c1-11-4-6-12(7-5-11)15-10-13(15)8-9-14(15)16(2)3/h4-7,13-14H,8-10H2,1-3H3. The first-order valence-corrected chi connectivity index (χ1v) is 6.38. The van der Waals surface area contributed by atoms with E-state index in [1.165, 1.54) is 24.8 Å². The van der Waals surface area contributed by atoms with Gasteiger partial charge in [0.1, 0.15) is 0 Å². The van der Waals surface area contributed by atoms with Gasteiger partial charge in [-0.25, -0.2) is 0 Å². The van der Waals surface area contributed by atoms with Crippen molar-refractivity contribution >= 4 is 0 Å². The summed E-state index contributed by atoms with van der Waals surface area (Å²) in [7, 11) is 4.47. The van der Waals surface area contributed by atoms with Crippen molar-refractivity contribution in [2.45, 2.75) is 37.6 Å². The second-order valence-electron chi connectivity index (χ2n) is 5.86. The fourth-order valence-electron chi connectivity index (χ4n) is 3.86. The van der Waals surface area contributed by atoms with Gasteiger partial charge in [0.15, 0.2) is 0 Å². The van der Waals surface area contributed by atoms with Crippen LogP contribution in [0.4, 0.5) is 0 Å². The van der Waals surface area contributed by atoms with Crippen molar-refractivity contribution in [2.75, 3.05) is 14.1 Å². The Hall–Kier alpha value is -0.820. The molecule has 0 saturated heterocycles. The number of hydrogen-bond acceptors (Lipinski definition) is 1. The highest BCUT2D eigenvalue weighted by atomic mass is 15.1. The Labute approximate surface area is 98.5 Å². The van der Waals surface area contributed by atoms with E-state index in [0.717, 1.165) is 12.0 Å². The summed E-state index contributed by atoms with van der Waals surface area (Å²) in [6, 6.07) is 10.0. The molecular weight excluding hydrogens is 194 g/mol. The molecule has 1 nitrogen and oxygen atoms in total. The van der Waals surface area contributed by atoms with Gasteiger partial charge in [-0.05, 0) is 51.8 Å². The Morgan fingerprint density at radius 3 is 2.38 bits per heavy atom. The average Bonchev–Trinajstić information content (AvgIpc) is 2.85. The van der Waals surface area contributed by atoms with Crippen LogP contribution in [-0.4, -0.2) is 25.0 Å². The fraction of sp³-hybridized carbons (Fsp3) is 0.600. The van der Waals surface area contributed by atoms with E-state index in [1.54, 1.807) is 5.56 Å². The highest BCUT2D eigenvalue weighted by Gasteiger charge is 2.63. The minimum atomic E-state index is 0.511. The minimum Gasteiger partial charge on any atom is -0.306 e. The van der Waals surface area contributed by atoms with E-state index in [1.807, 2.05) is 0 Å². The number of nitrogens with zero attached hydrogens (tertiary/aromatic N) is 1. The summed E-state index contributed by atoms with van der Waals surface area (Å²) < 4.78 is 0. The molecule has 0 heterocycles. The van der Waals surface area contributed by atoms with Gasteiger partial charge in [-0.1, -0.05) is 29.8 Å². The second-order valence-corrected chi connectivity index (χ2v) is 5.86. The van der Waals surface area contributed by atoms with E-state index in [4.69, 9.17) is 0 Å². The molecule has 3 unspecified atom stereocenters. The molecule has 0 aliphatic heterocycles. The lowest BCUT2D eigenvalue weighted by Crippen LogP contribution is -2.37. The summed E-state index contributed by atoms with van der Waals surface area (Å²) in [5, 5.41) is 0. The molecule has 2 saturated carbocycles. The largest absolute Gasteiger partial charge is 0.306 e. The first kappa shape index (κ1) is 10.3. The highest BCUT2D eigenvalue weighted by molar-refractivity contribution is 5.40. The maximum absolute atomic E-state index is 2.44. The van der Waals surface area contributed by atoms with Crippen LogP contribution in [0.25, 0.3) is 0 Å². The zero-order chi connectivity index (χ0) is 11.3. The number of aryl methyl sites for hydroxylation is 1. The molecule has 2 aliphatic carbocycles. The van der Waals surface area contributed by atoms with Gasteiger partial charge in [0.2, 0.25) is 0 Å². The Bertz CT molecular complexity index is 392. The van der Waals surface area contributed by atoms with Gasteiger partial charge in [0.05, 0.1) is 0 Å². The zero-order valence-electron chi connectivity index (χ0n) is 10.5. The molecular formula is C15H21N. The predicted molar refractivity (Wildman–Crippen MR) is 67.7 cm³/mol. The van der Waals surface area contributed by atoms with Crippen LogP contribution in [-0.2, 0) is 5.41 Å². The SMILES string of the molecule is Cc1ccc(C23CC2CCC3N(C)C)cc1. The van der Waals surface area contributed by atoms with E-state index in [9.17, 15) is 0 Å². The van der Waals surface area contributed by atoms with E-state index in [-0.39, 0.29) is 0 Å². The zero-order valence-corrected chi connectivity index (χ0v) is 10.5. The van der Waals surface area contributed by atoms with Crippen molar-refractivity contribution in [2.24, 2.45) is 5.92 Å². The normalized spacial score (nSPS) is 36.5. The molecule has 1 heteroatoms. The lowest BCUT2D eigenvalue weighted by molar-refractivity contribution is 0.249. The van der Waals surface area contributed by atoms with Crippen molar-refractivity contribution in [3.05, 3.63) is 35.4 Å². The van der Waals surface area contributed by atoms with Gasteiger partial charge < -0.3 is 4.90 Å². The Balaban J connectivity index is 1.97. The van der Waals surface area contributed by atoms with Crippen LogP contribution in [0.5, 0.6) is 0 Å². The van der Waals surface area contributed by atoms with Gasteiger partial charge in [-0.2, -0.15) is 0 Å². The van der Waals surface area contributed by atoms with E-state index >= 15 is 0 Å². The molecule has 0 spiro atoms. The Kier molecular flexibility index (Phi) is 2.16. The topological polar surface area (TPSA) is 3.24 Å². The third-order valence-electron chi connectivity index (χ3n) is 4.75. The van der Waals surface area contributed by atoms with Crippen molar-refractivity contribution in [1.82, 2.24) is 4.90 Å². The van der Waals surface area contributed by atoms with Crippen LogP contribution in [0.2, 0.25) is 0 Å². The minimum absolute atomic E-state index is 0.511. The molecule has 86 valence electrons. The van der Waals surface area contributed by atoms with Gasteiger partial charge in [-0.3, -0.25) is 0 Å². The summed E-state index contributed by atoms with van der Waals surface area (Å²) in [6.07, 6.45) is 4.22. The average molecular weight is 215 g/mol. The third kappa shape index (κ3) is 1.27. The molecule has 3 rings (SSSR count). The van der Waals surface area contributed by atoms with Crippen LogP contribution in [0.1, 0.15) is 30.4 Å². The molecule has 2 fully saturated rings. The van der Waals surface area contributed by atoms with E-state index in [0.29, 0.717) is 5.41 Å². The smallest absolute Gasteiger partial charge is 0.0189 e. The quantitative estimate of drug-likeness (QED) is 0.733. The van der Waals surface area contributed by atoms with Crippen molar-refractivity contribution in [3.63, 3.8) is 0 Å². The molecule has 0 N–H and O–H groups in total. The number of rotatable bonds is 2. The lowest BCUT2D eigenvalue weighted by Gasteiger charge is -2.30. The molecule has 1 aromatic carbocycles. The molecule has 2 aliphatic rings. The van der Waals surface area contributed by atoms with Gasteiger partial charge in [0.25, 0.3) is 0 Å². The summed E-state index contributed by atoms with van der Waals surface area (Å²) in [5.74, 6) is 0.961. The van der Waals surface area contributed by atoms with Crippen LogP contribution in [0, 0.1) is 12.8 Å². The first-order chi connectivity index (χ1) is 7.64. The van der Waals surface area contributed by atoms with Crippen LogP contribution < -0.4 is 0 Å². The molecule has 0 amide bonds. The number of hydrogen-bond donors (Lipinski definition) is 0. The van der Waals surface area contributed by atoms with E-state index < -0.39 is 0 Å². The lowest BCUT2D eigenvalue weighted by atomic mass is 9.88. The van der Waals surface area contributed by atoms with Crippen LogP contribution in [0.15, 0.2) is 24.3 Å². The Morgan fingerprint density at radius 2 is 1.81 bits per heavy atom. The summed E-state index contributed by atoms with van der Waals surface area (Å²) in [6.45, 7) is 2.17. The van der Waals surface area contributed by atoms with Crippen molar-refractivity contribution in [3.8, 4) is 0 Å². The van der Waals surface area contributed by atoms with Gasteiger partial charge >= 0.3 is 0 Å². The number of likely N-dealkylation sites (N-methyl/N-ethyl adjacent to an activating group) is 1. The number of benzene rings is 1. The van der Waals surface area contributed by atoms with E-state index in [2.05, 4.69) is 50.2 Å². The van der Waals surface area contributed by atoms with Crippen LogP contribution >= 0.6 is 0 Å².